The van der Waals surface area contributed by atoms with Crippen molar-refractivity contribution in [2.45, 2.75) is 6.92 Å². The fourth-order valence-corrected chi connectivity index (χ4v) is 4.21. The largest absolute Gasteiger partial charge is 0.506 e. The molecule has 0 bridgehead atoms. The Hall–Kier alpha value is -4.32. The van der Waals surface area contributed by atoms with E-state index in [1.54, 1.807) is 80.7 Å². The van der Waals surface area contributed by atoms with Gasteiger partial charge in [0.05, 0.1) is 16.9 Å². The second-order valence-corrected chi connectivity index (χ2v) is 7.74. The summed E-state index contributed by atoms with van der Waals surface area (Å²) in [7, 11) is 1.64. The van der Waals surface area contributed by atoms with Crippen molar-refractivity contribution in [1.82, 2.24) is 4.57 Å². The molecular formula is C26H18N2O4. The summed E-state index contributed by atoms with van der Waals surface area (Å²) in [5.74, 6) is -0.582. The first kappa shape index (κ1) is 19.6. The number of para-hydroxylation sites is 1. The molecule has 1 aromatic heterocycles. The molecule has 3 aromatic carbocycles. The van der Waals surface area contributed by atoms with Crippen LogP contribution in [0.1, 0.15) is 44.3 Å². The van der Waals surface area contributed by atoms with E-state index in [9.17, 15) is 19.5 Å². The van der Waals surface area contributed by atoms with Crippen molar-refractivity contribution in [3.63, 3.8) is 0 Å². The zero-order valence-electron chi connectivity index (χ0n) is 17.4. The summed E-state index contributed by atoms with van der Waals surface area (Å²) in [6.45, 7) is 1.63. The van der Waals surface area contributed by atoms with Gasteiger partial charge in [0.2, 0.25) is 0 Å². The highest BCUT2D eigenvalue weighted by atomic mass is 16.3. The van der Waals surface area contributed by atoms with Crippen LogP contribution in [0, 0.1) is 0 Å². The maximum Gasteiger partial charge on any atom is 0.263 e. The zero-order valence-corrected chi connectivity index (χ0v) is 17.4. The number of carbonyl (C=O) groups excluding carboxylic acids is 2. The van der Waals surface area contributed by atoms with Crippen LogP contribution in [0.15, 0.2) is 76.5 Å². The van der Waals surface area contributed by atoms with Crippen molar-refractivity contribution < 1.29 is 14.7 Å². The summed E-state index contributed by atoms with van der Waals surface area (Å²) in [4.78, 5) is 43.2. The lowest BCUT2D eigenvalue weighted by Crippen LogP contribution is -2.24. The third kappa shape index (κ3) is 2.80. The lowest BCUT2D eigenvalue weighted by Gasteiger charge is -2.17. The van der Waals surface area contributed by atoms with Gasteiger partial charge in [-0.05, 0) is 37.3 Å². The van der Waals surface area contributed by atoms with Gasteiger partial charge < -0.3 is 9.67 Å². The molecule has 1 aliphatic carbocycles. The van der Waals surface area contributed by atoms with Crippen molar-refractivity contribution in [1.29, 1.82) is 0 Å². The number of ketones is 2. The van der Waals surface area contributed by atoms with Gasteiger partial charge in [0.25, 0.3) is 5.56 Å². The Kier molecular flexibility index (Phi) is 4.37. The minimum Gasteiger partial charge on any atom is -0.506 e. The smallest absolute Gasteiger partial charge is 0.263 e. The molecule has 0 fully saturated rings. The molecule has 0 amide bonds. The molecule has 6 nitrogen and oxygen atoms in total. The summed E-state index contributed by atoms with van der Waals surface area (Å²) >= 11 is 0. The number of hydrogen-bond donors (Lipinski definition) is 1. The van der Waals surface area contributed by atoms with Gasteiger partial charge >= 0.3 is 0 Å². The number of aromatic nitrogens is 1. The van der Waals surface area contributed by atoms with Gasteiger partial charge in [-0.15, -0.1) is 0 Å². The molecule has 0 unspecified atom stereocenters. The lowest BCUT2D eigenvalue weighted by atomic mass is 9.84. The predicted molar refractivity (Wildman–Crippen MR) is 122 cm³/mol. The topological polar surface area (TPSA) is 88.7 Å². The lowest BCUT2D eigenvalue weighted by molar-refractivity contribution is 0.0979. The second-order valence-electron chi connectivity index (χ2n) is 7.74. The average Bonchev–Trinajstić information content (AvgIpc) is 2.81. The molecule has 0 saturated heterocycles. The van der Waals surface area contributed by atoms with Crippen molar-refractivity contribution >= 4 is 33.9 Å². The van der Waals surface area contributed by atoms with Crippen LogP contribution in [-0.2, 0) is 7.05 Å². The highest BCUT2D eigenvalue weighted by Gasteiger charge is 2.29. The van der Waals surface area contributed by atoms with Crippen LogP contribution in [0.4, 0.5) is 5.69 Å². The van der Waals surface area contributed by atoms with Gasteiger partial charge in [-0.2, -0.15) is 0 Å². The molecule has 0 atom stereocenters. The predicted octanol–water partition coefficient (Wildman–Crippen LogP) is 4.16. The summed E-state index contributed by atoms with van der Waals surface area (Å²) in [5.41, 5.74) is 2.42. The van der Waals surface area contributed by atoms with E-state index in [-0.39, 0.29) is 34.0 Å². The average molecular weight is 422 g/mol. The quantitative estimate of drug-likeness (QED) is 0.433. The van der Waals surface area contributed by atoms with Crippen molar-refractivity contribution in [3.05, 3.63) is 105 Å². The Balaban J connectivity index is 1.64. The molecule has 1 aliphatic rings. The number of aryl methyl sites for hydroxylation is 1. The standard InChI is InChI=1S/C26H18N2O4/c1-14(22-25(31)19-9-5-6-10-21(19)28(2)26(22)32)27-15-11-12-18-20(13-15)24(30)17-8-4-3-7-16(17)23(18)29/h3-13,31H,1-2H3. The van der Waals surface area contributed by atoms with E-state index in [0.717, 1.165) is 0 Å². The van der Waals surface area contributed by atoms with E-state index in [1.807, 2.05) is 0 Å². The third-order valence-corrected chi connectivity index (χ3v) is 5.84. The Morgan fingerprint density at radius 2 is 1.41 bits per heavy atom. The Labute approximate surface area is 183 Å². The SMILES string of the molecule is CC(=Nc1ccc2c(c1)C(=O)c1ccccc1C2=O)c1c(O)c2ccccc2n(C)c1=O. The van der Waals surface area contributed by atoms with Gasteiger partial charge in [0.1, 0.15) is 11.3 Å². The summed E-state index contributed by atoms with van der Waals surface area (Å²) in [6.07, 6.45) is 0. The molecule has 0 aliphatic heterocycles. The minimum absolute atomic E-state index is 0.0941. The van der Waals surface area contributed by atoms with Gasteiger partial charge in [-0.1, -0.05) is 36.4 Å². The molecule has 5 rings (SSSR count). The first-order valence-electron chi connectivity index (χ1n) is 10.1. The molecule has 0 spiro atoms. The van der Waals surface area contributed by atoms with Gasteiger partial charge in [0.15, 0.2) is 11.6 Å². The number of aliphatic imine (C=N–C) groups is 1. The molecule has 0 saturated carbocycles. The monoisotopic (exact) mass is 422 g/mol. The zero-order chi connectivity index (χ0) is 22.6. The van der Waals surface area contributed by atoms with Crippen LogP contribution in [0.25, 0.3) is 10.9 Å². The first-order chi connectivity index (χ1) is 15.4. The number of pyridine rings is 1. The van der Waals surface area contributed by atoms with E-state index < -0.39 is 0 Å². The number of rotatable bonds is 2. The summed E-state index contributed by atoms with van der Waals surface area (Å²) in [5, 5.41) is 11.3. The fraction of sp³-hybridized carbons (Fsp3) is 0.0769. The number of hydrogen-bond acceptors (Lipinski definition) is 5. The molecule has 32 heavy (non-hydrogen) atoms. The number of benzene rings is 3. The summed E-state index contributed by atoms with van der Waals surface area (Å²) in [6, 6.07) is 18.6. The van der Waals surface area contributed by atoms with Crippen LogP contribution in [-0.4, -0.2) is 27.0 Å². The normalized spacial score (nSPS) is 13.2. The van der Waals surface area contributed by atoms with E-state index >= 15 is 0 Å². The van der Waals surface area contributed by atoms with Crippen molar-refractivity contribution in [2.75, 3.05) is 0 Å². The molecule has 6 heteroatoms. The second kappa shape index (κ2) is 7.13. The Bertz CT molecular complexity index is 1560. The Morgan fingerprint density at radius 3 is 2.12 bits per heavy atom. The Morgan fingerprint density at radius 1 is 0.812 bits per heavy atom. The molecular weight excluding hydrogens is 404 g/mol. The van der Waals surface area contributed by atoms with Crippen LogP contribution < -0.4 is 5.56 Å². The van der Waals surface area contributed by atoms with Gasteiger partial charge in [0, 0.05) is 34.7 Å². The molecule has 1 N–H and O–H groups in total. The van der Waals surface area contributed by atoms with E-state index in [4.69, 9.17) is 0 Å². The van der Waals surface area contributed by atoms with Gasteiger partial charge in [-0.3, -0.25) is 19.4 Å². The van der Waals surface area contributed by atoms with Crippen LogP contribution in [0.5, 0.6) is 5.75 Å². The first-order valence-corrected chi connectivity index (χ1v) is 10.1. The van der Waals surface area contributed by atoms with E-state index in [2.05, 4.69) is 4.99 Å². The third-order valence-electron chi connectivity index (χ3n) is 5.84. The highest BCUT2D eigenvalue weighted by molar-refractivity contribution is 6.28. The maximum atomic E-state index is 13.0. The van der Waals surface area contributed by atoms with E-state index in [1.165, 1.54) is 4.57 Å². The molecule has 1 heterocycles. The summed E-state index contributed by atoms with van der Waals surface area (Å²) < 4.78 is 1.47. The number of aromatic hydroxyl groups is 1. The molecule has 156 valence electrons. The number of nitrogens with zero attached hydrogens (tertiary/aromatic N) is 2. The van der Waals surface area contributed by atoms with Crippen molar-refractivity contribution in [3.8, 4) is 5.75 Å². The molecule has 4 aromatic rings. The van der Waals surface area contributed by atoms with Crippen LogP contribution >= 0.6 is 0 Å². The number of carbonyl (C=O) groups is 2. The maximum absolute atomic E-state index is 13.0. The minimum atomic E-state index is -0.374. The van der Waals surface area contributed by atoms with Gasteiger partial charge in [-0.25, -0.2) is 0 Å². The van der Waals surface area contributed by atoms with Crippen LogP contribution in [0.2, 0.25) is 0 Å². The number of fused-ring (bicyclic) bond motifs is 3. The van der Waals surface area contributed by atoms with E-state index in [0.29, 0.717) is 39.0 Å². The van der Waals surface area contributed by atoms with Crippen molar-refractivity contribution in [2.24, 2.45) is 12.0 Å². The van der Waals surface area contributed by atoms with Crippen LogP contribution in [0.3, 0.4) is 0 Å². The fourth-order valence-electron chi connectivity index (χ4n) is 4.21. The highest BCUT2D eigenvalue weighted by Crippen LogP contribution is 2.31. The molecule has 0 radical (unpaired) electrons.